The first kappa shape index (κ1) is 17.8. The lowest BCUT2D eigenvalue weighted by molar-refractivity contribution is -0.138. The lowest BCUT2D eigenvalue weighted by Crippen LogP contribution is -2.32. The van der Waals surface area contributed by atoms with Crippen LogP contribution in [0.1, 0.15) is 31.7 Å². The lowest BCUT2D eigenvalue weighted by atomic mass is 9.96. The van der Waals surface area contributed by atoms with E-state index >= 15 is 0 Å². The molecule has 1 amide bonds. The molecule has 0 heterocycles. The van der Waals surface area contributed by atoms with Crippen LogP contribution in [0.2, 0.25) is 0 Å². The van der Waals surface area contributed by atoms with Crippen LogP contribution in [-0.4, -0.2) is 30.6 Å². The number of carbonyl (C=O) groups is 2. The minimum absolute atomic E-state index is 0.0481. The van der Waals surface area contributed by atoms with Gasteiger partial charge in [0.25, 0.3) is 0 Å². The van der Waals surface area contributed by atoms with E-state index in [-0.39, 0.29) is 24.2 Å². The second-order valence-corrected chi connectivity index (χ2v) is 6.14. The Labute approximate surface area is 141 Å². The minimum atomic E-state index is -0.852. The molecular formula is C19H23NO4. The van der Waals surface area contributed by atoms with Crippen LogP contribution in [0.3, 0.4) is 0 Å². The fourth-order valence-corrected chi connectivity index (χ4v) is 2.59. The molecule has 0 bridgehead atoms. The molecule has 2 unspecified atom stereocenters. The van der Waals surface area contributed by atoms with E-state index in [1.165, 1.54) is 0 Å². The number of rotatable bonds is 7. The van der Waals surface area contributed by atoms with Gasteiger partial charge in [-0.1, -0.05) is 31.2 Å². The Morgan fingerprint density at radius 1 is 1.12 bits per heavy atom. The van der Waals surface area contributed by atoms with Crippen LogP contribution in [0.5, 0.6) is 5.75 Å². The Bertz CT molecular complexity index is 741. The second-order valence-electron chi connectivity index (χ2n) is 6.14. The summed E-state index contributed by atoms with van der Waals surface area (Å²) in [6, 6.07) is 11.7. The summed E-state index contributed by atoms with van der Waals surface area (Å²) in [5.41, 5.74) is 0.927. The molecule has 0 aliphatic heterocycles. The predicted octanol–water partition coefficient (Wildman–Crippen LogP) is 3.18. The number of carbonyl (C=O) groups excluding carboxylic acids is 1. The van der Waals surface area contributed by atoms with E-state index in [1.807, 2.05) is 50.2 Å². The van der Waals surface area contributed by atoms with E-state index in [9.17, 15) is 9.59 Å². The van der Waals surface area contributed by atoms with E-state index in [4.69, 9.17) is 9.84 Å². The van der Waals surface area contributed by atoms with Crippen LogP contribution in [0.4, 0.5) is 0 Å². The molecule has 2 aromatic carbocycles. The van der Waals surface area contributed by atoms with Crippen LogP contribution < -0.4 is 10.1 Å². The molecule has 2 aromatic rings. The summed E-state index contributed by atoms with van der Waals surface area (Å²) < 4.78 is 5.21. The van der Waals surface area contributed by atoms with E-state index < -0.39 is 5.97 Å². The number of aliphatic carboxylic acids is 1. The summed E-state index contributed by atoms with van der Waals surface area (Å²) in [7, 11) is 1.63. The quantitative estimate of drug-likeness (QED) is 0.818. The van der Waals surface area contributed by atoms with Gasteiger partial charge in [-0.25, -0.2) is 0 Å². The van der Waals surface area contributed by atoms with Crippen LogP contribution in [0, 0.1) is 5.92 Å². The molecular weight excluding hydrogens is 306 g/mol. The summed E-state index contributed by atoms with van der Waals surface area (Å²) in [5.74, 6) is -0.542. The SMILES string of the molecule is COc1ccc2cc(C(C)C(=O)NCC(C)CC(=O)O)ccc2c1. The molecule has 0 spiro atoms. The molecule has 0 saturated carbocycles. The lowest BCUT2D eigenvalue weighted by Gasteiger charge is -2.16. The number of fused-ring (bicyclic) bond motifs is 1. The largest absolute Gasteiger partial charge is 0.497 e. The summed E-state index contributed by atoms with van der Waals surface area (Å²) in [6.07, 6.45) is 0.0481. The summed E-state index contributed by atoms with van der Waals surface area (Å²) in [6.45, 7) is 4.02. The molecule has 0 aromatic heterocycles. The number of carboxylic acids is 1. The summed E-state index contributed by atoms with van der Waals surface area (Å²) >= 11 is 0. The Morgan fingerprint density at radius 3 is 2.46 bits per heavy atom. The zero-order valence-electron chi connectivity index (χ0n) is 14.2. The van der Waals surface area contributed by atoms with Crippen LogP contribution in [0.15, 0.2) is 36.4 Å². The third-order valence-electron chi connectivity index (χ3n) is 4.11. The molecule has 0 aliphatic carbocycles. The first-order valence-corrected chi connectivity index (χ1v) is 7.98. The number of ether oxygens (including phenoxy) is 1. The maximum absolute atomic E-state index is 12.3. The fourth-order valence-electron chi connectivity index (χ4n) is 2.59. The molecule has 5 nitrogen and oxygen atoms in total. The Morgan fingerprint density at radius 2 is 1.79 bits per heavy atom. The van der Waals surface area contributed by atoms with Gasteiger partial charge in [0.1, 0.15) is 5.75 Å². The third kappa shape index (κ3) is 4.47. The van der Waals surface area contributed by atoms with Gasteiger partial charge in [-0.05, 0) is 41.3 Å². The van der Waals surface area contributed by atoms with Crippen LogP contribution in [-0.2, 0) is 9.59 Å². The Kier molecular flexibility index (Phi) is 5.79. The minimum Gasteiger partial charge on any atom is -0.497 e. The highest BCUT2D eigenvalue weighted by molar-refractivity contribution is 5.88. The highest BCUT2D eigenvalue weighted by atomic mass is 16.5. The summed E-state index contributed by atoms with van der Waals surface area (Å²) in [5, 5.41) is 13.7. The van der Waals surface area contributed by atoms with Crippen molar-refractivity contribution in [3.8, 4) is 5.75 Å². The maximum Gasteiger partial charge on any atom is 0.303 e. The first-order valence-electron chi connectivity index (χ1n) is 7.98. The number of hydrogen-bond acceptors (Lipinski definition) is 3. The normalized spacial score (nSPS) is 13.3. The van der Waals surface area contributed by atoms with Gasteiger partial charge < -0.3 is 15.2 Å². The van der Waals surface area contributed by atoms with Gasteiger partial charge in [0.05, 0.1) is 13.0 Å². The van der Waals surface area contributed by atoms with Crippen molar-refractivity contribution in [3.63, 3.8) is 0 Å². The molecule has 2 rings (SSSR count). The van der Waals surface area contributed by atoms with Crippen molar-refractivity contribution in [3.05, 3.63) is 42.0 Å². The van der Waals surface area contributed by atoms with Gasteiger partial charge >= 0.3 is 5.97 Å². The molecule has 2 atom stereocenters. The van der Waals surface area contributed by atoms with Gasteiger partial charge in [0.2, 0.25) is 5.91 Å². The van der Waals surface area contributed by atoms with Crippen molar-refractivity contribution in [1.82, 2.24) is 5.32 Å². The molecule has 128 valence electrons. The van der Waals surface area contributed by atoms with Crippen LogP contribution >= 0.6 is 0 Å². The van der Waals surface area contributed by atoms with Gasteiger partial charge in [0, 0.05) is 13.0 Å². The molecule has 0 saturated heterocycles. The number of carboxylic acid groups (broad SMARTS) is 1. The molecule has 2 N–H and O–H groups in total. The second kappa shape index (κ2) is 7.81. The van der Waals surface area contributed by atoms with E-state index in [2.05, 4.69) is 5.32 Å². The van der Waals surface area contributed by atoms with Gasteiger partial charge in [-0.3, -0.25) is 9.59 Å². The number of hydrogen-bond donors (Lipinski definition) is 2. The number of methoxy groups -OCH3 is 1. The molecule has 0 aliphatic rings. The van der Waals surface area contributed by atoms with Crippen molar-refractivity contribution in [2.45, 2.75) is 26.2 Å². The van der Waals surface area contributed by atoms with Crippen molar-refractivity contribution < 1.29 is 19.4 Å². The molecule has 24 heavy (non-hydrogen) atoms. The summed E-state index contributed by atoms with van der Waals surface area (Å²) in [4.78, 5) is 22.9. The topological polar surface area (TPSA) is 75.6 Å². The van der Waals surface area contributed by atoms with E-state index in [0.29, 0.717) is 6.54 Å². The zero-order valence-corrected chi connectivity index (χ0v) is 14.2. The van der Waals surface area contributed by atoms with Gasteiger partial charge in [-0.15, -0.1) is 0 Å². The van der Waals surface area contributed by atoms with Crippen molar-refractivity contribution in [2.24, 2.45) is 5.92 Å². The standard InChI is InChI=1S/C19H23NO4/c1-12(8-18(21)22)11-20-19(23)13(2)14-4-5-16-10-17(24-3)7-6-15(16)9-14/h4-7,9-10,12-13H,8,11H2,1-3H3,(H,20,23)(H,21,22). The molecule has 5 heteroatoms. The zero-order chi connectivity index (χ0) is 17.7. The highest BCUT2D eigenvalue weighted by Gasteiger charge is 2.17. The number of nitrogens with one attached hydrogen (secondary N) is 1. The van der Waals surface area contributed by atoms with Crippen molar-refractivity contribution in [1.29, 1.82) is 0 Å². The van der Waals surface area contributed by atoms with E-state index in [0.717, 1.165) is 22.1 Å². The predicted molar refractivity (Wildman–Crippen MR) is 93.3 cm³/mol. The van der Waals surface area contributed by atoms with Crippen LogP contribution in [0.25, 0.3) is 10.8 Å². The maximum atomic E-state index is 12.3. The van der Waals surface area contributed by atoms with Crippen molar-refractivity contribution in [2.75, 3.05) is 13.7 Å². The van der Waals surface area contributed by atoms with Gasteiger partial charge in [0.15, 0.2) is 0 Å². The molecule has 0 fully saturated rings. The first-order chi connectivity index (χ1) is 11.4. The van der Waals surface area contributed by atoms with E-state index in [1.54, 1.807) is 7.11 Å². The Balaban J connectivity index is 2.05. The van der Waals surface area contributed by atoms with Crippen molar-refractivity contribution >= 4 is 22.6 Å². The highest BCUT2D eigenvalue weighted by Crippen LogP contribution is 2.25. The monoisotopic (exact) mass is 329 g/mol. The smallest absolute Gasteiger partial charge is 0.303 e. The molecule has 0 radical (unpaired) electrons. The number of amides is 1. The average molecular weight is 329 g/mol. The Hall–Kier alpha value is -2.56. The number of benzene rings is 2. The fraction of sp³-hybridized carbons (Fsp3) is 0.368. The third-order valence-corrected chi connectivity index (χ3v) is 4.11. The average Bonchev–Trinajstić information content (AvgIpc) is 2.57. The van der Waals surface area contributed by atoms with Gasteiger partial charge in [-0.2, -0.15) is 0 Å².